The summed E-state index contributed by atoms with van der Waals surface area (Å²) in [4.78, 5) is 2.04. The molecule has 0 fully saturated rings. The van der Waals surface area contributed by atoms with Gasteiger partial charge in [-0.25, -0.2) is 22.8 Å². The van der Waals surface area contributed by atoms with E-state index < -0.39 is 0 Å². The molecular formula is C45H55N8S2+3. The molecule has 1 aliphatic rings. The second-order valence-corrected chi connectivity index (χ2v) is 16.4. The Morgan fingerprint density at radius 1 is 0.618 bits per heavy atom. The van der Waals surface area contributed by atoms with Gasteiger partial charge in [0.05, 0.1) is 26.2 Å². The predicted molar refractivity (Wildman–Crippen MR) is 233 cm³/mol. The predicted octanol–water partition coefficient (Wildman–Crippen LogP) is 7.86. The van der Waals surface area contributed by atoms with Gasteiger partial charge in [0.1, 0.15) is 31.8 Å². The summed E-state index contributed by atoms with van der Waals surface area (Å²) < 4.78 is 11.2. The van der Waals surface area contributed by atoms with Gasteiger partial charge in [-0.15, -0.1) is 0 Å². The van der Waals surface area contributed by atoms with Gasteiger partial charge >= 0.3 is 0 Å². The number of allylic oxidation sites excluding steroid dienone is 5. The molecule has 2 aromatic carbocycles. The maximum atomic E-state index is 3.57. The smallest absolute Gasteiger partial charge is 0.243 e. The maximum absolute atomic E-state index is 3.57. The van der Waals surface area contributed by atoms with Crippen molar-refractivity contribution in [1.29, 1.82) is 0 Å². The van der Waals surface area contributed by atoms with E-state index in [0.717, 1.165) is 75.0 Å². The summed E-state index contributed by atoms with van der Waals surface area (Å²) in [5, 5.41) is 7.13. The number of nitrogens with one attached hydrogen (secondary N) is 2. The Morgan fingerprint density at radius 2 is 1.13 bits per heavy atom. The van der Waals surface area contributed by atoms with Gasteiger partial charge in [-0.3, -0.25) is 0 Å². The number of imidazole rings is 2. The molecule has 5 aromatic rings. The third-order valence-corrected chi connectivity index (χ3v) is 11.5. The van der Waals surface area contributed by atoms with E-state index in [2.05, 4.69) is 188 Å². The summed E-state index contributed by atoms with van der Waals surface area (Å²) in [6.45, 7) is 5.95. The first-order chi connectivity index (χ1) is 27.0. The summed E-state index contributed by atoms with van der Waals surface area (Å²) in [5.74, 6) is 2.19. The van der Waals surface area contributed by atoms with E-state index >= 15 is 0 Å². The number of hydrogen-bond acceptors (Lipinski definition) is 5. The largest absolute Gasteiger partial charge is 0.385 e. The van der Waals surface area contributed by atoms with Gasteiger partial charge in [0.25, 0.3) is 0 Å². The van der Waals surface area contributed by atoms with Gasteiger partial charge in [-0.1, -0.05) is 76.2 Å². The van der Waals surface area contributed by atoms with Gasteiger partial charge in [0.15, 0.2) is 12.4 Å². The second kappa shape index (κ2) is 21.6. The number of aryl methyl sites for hydroxylation is 5. The van der Waals surface area contributed by atoms with Crippen molar-refractivity contribution in [3.8, 4) is 0 Å². The Morgan fingerprint density at radius 3 is 1.67 bits per heavy atom. The molecule has 3 aromatic heterocycles. The van der Waals surface area contributed by atoms with Crippen LogP contribution in [0.1, 0.15) is 29.5 Å². The summed E-state index contributed by atoms with van der Waals surface area (Å²) >= 11 is 0. The first-order valence-electron chi connectivity index (χ1n) is 19.2. The molecule has 284 valence electrons. The highest BCUT2D eigenvalue weighted by molar-refractivity contribution is 8.76. The minimum atomic E-state index is 0.944. The Balaban J connectivity index is 0.774. The van der Waals surface area contributed by atoms with E-state index in [-0.39, 0.29) is 0 Å². The van der Waals surface area contributed by atoms with Crippen LogP contribution in [0, 0.1) is 0 Å². The fourth-order valence-electron chi connectivity index (χ4n) is 5.94. The third kappa shape index (κ3) is 14.2. The van der Waals surface area contributed by atoms with Gasteiger partial charge in [-0.2, -0.15) is 0 Å². The van der Waals surface area contributed by atoms with Crippen LogP contribution in [0.25, 0.3) is 18.2 Å². The fraction of sp³-hybridized carbons (Fsp3) is 0.267. The van der Waals surface area contributed by atoms with Crippen LogP contribution < -0.4 is 24.3 Å². The van der Waals surface area contributed by atoms with E-state index in [4.69, 9.17) is 0 Å². The molecule has 0 spiro atoms. The molecular weight excluding hydrogens is 717 g/mol. The van der Waals surface area contributed by atoms with E-state index in [0.29, 0.717) is 0 Å². The standard InChI is InChI=1S/C45H54N8S2/c1-48-24-3-6-40(19-27-48)7-8-41-11-15-44(16-12-41)46-22-4-25-50-30-32-52(38-50)34-36-54-55-37-35-53-33-31-51(39-53)26-5-23-47-45-17-13-42(14-18-45)9-10-43-20-28-49(2)29-21-43/h3,6-21,24,27-33,38-39,46H,4-5,22-23,25-26,34-37H2,1-2H3/q+2/p+1/b8-7+. The van der Waals surface area contributed by atoms with Crippen LogP contribution in [0.5, 0.6) is 0 Å². The Kier molecular flexibility index (Phi) is 15.5. The molecule has 0 bridgehead atoms. The lowest BCUT2D eigenvalue weighted by Gasteiger charge is -2.06. The molecule has 10 heteroatoms. The zero-order chi connectivity index (χ0) is 37.9. The van der Waals surface area contributed by atoms with Crippen molar-refractivity contribution in [2.75, 3.05) is 42.3 Å². The van der Waals surface area contributed by atoms with Crippen LogP contribution >= 0.6 is 21.6 Å². The summed E-state index contributed by atoms with van der Waals surface area (Å²) in [6.07, 6.45) is 38.5. The molecule has 6 rings (SSSR count). The van der Waals surface area contributed by atoms with Gasteiger partial charge in [0.2, 0.25) is 12.7 Å². The number of rotatable bonds is 21. The lowest BCUT2D eigenvalue weighted by atomic mass is 10.1. The zero-order valence-corrected chi connectivity index (χ0v) is 33.8. The van der Waals surface area contributed by atoms with E-state index in [1.807, 2.05) is 51.4 Å². The van der Waals surface area contributed by atoms with Crippen LogP contribution in [0.15, 0.2) is 153 Å². The summed E-state index contributed by atoms with van der Waals surface area (Å²) in [7, 11) is 7.99. The molecule has 0 unspecified atom stereocenters. The zero-order valence-electron chi connectivity index (χ0n) is 32.2. The lowest BCUT2D eigenvalue weighted by molar-refractivity contribution is -0.692. The highest BCUT2D eigenvalue weighted by Gasteiger charge is 2.06. The quantitative estimate of drug-likeness (QED) is 0.0453. The lowest BCUT2D eigenvalue weighted by Crippen LogP contribution is -2.33. The molecule has 0 amide bonds. The molecule has 0 saturated heterocycles. The minimum Gasteiger partial charge on any atom is -0.385 e. The van der Waals surface area contributed by atoms with E-state index in [1.54, 1.807) is 0 Å². The molecule has 0 radical (unpaired) electrons. The molecule has 0 saturated carbocycles. The van der Waals surface area contributed by atoms with Gasteiger partial charge in [0, 0.05) is 80.4 Å². The van der Waals surface area contributed by atoms with Crippen LogP contribution in [0.3, 0.4) is 0 Å². The summed E-state index contributed by atoms with van der Waals surface area (Å²) in [6, 6.07) is 21.5. The van der Waals surface area contributed by atoms with Crippen LogP contribution in [0.4, 0.5) is 11.4 Å². The first kappa shape index (κ1) is 39.5. The molecule has 0 aliphatic carbocycles. The van der Waals surface area contributed by atoms with Gasteiger partial charge in [-0.05, 0) is 58.7 Å². The normalized spacial score (nSPS) is 12.8. The number of pyridine rings is 1. The molecule has 0 atom stereocenters. The Bertz CT molecular complexity index is 2040. The third-order valence-electron chi connectivity index (χ3n) is 9.16. The van der Waals surface area contributed by atoms with Crippen LogP contribution in [0.2, 0.25) is 0 Å². The first-order valence-corrected chi connectivity index (χ1v) is 21.6. The van der Waals surface area contributed by atoms with Crippen LogP contribution in [-0.2, 0) is 33.2 Å². The number of anilines is 2. The van der Waals surface area contributed by atoms with Crippen molar-refractivity contribution < 1.29 is 13.7 Å². The molecule has 4 heterocycles. The van der Waals surface area contributed by atoms with Crippen molar-refractivity contribution in [3.63, 3.8) is 0 Å². The number of benzene rings is 2. The van der Waals surface area contributed by atoms with Crippen molar-refractivity contribution in [2.24, 2.45) is 7.05 Å². The average molecular weight is 772 g/mol. The Labute approximate surface area is 335 Å². The van der Waals surface area contributed by atoms with Crippen LogP contribution in [-0.4, -0.2) is 45.7 Å². The topological polar surface area (TPSA) is 48.8 Å². The molecule has 8 nitrogen and oxygen atoms in total. The maximum Gasteiger partial charge on any atom is 0.243 e. The number of hydrogen-bond donors (Lipinski definition) is 2. The van der Waals surface area contributed by atoms with E-state index in [9.17, 15) is 0 Å². The van der Waals surface area contributed by atoms with Crippen molar-refractivity contribution >= 4 is 51.2 Å². The van der Waals surface area contributed by atoms with Crippen molar-refractivity contribution in [1.82, 2.24) is 14.0 Å². The Hall–Kier alpha value is -5.19. The average Bonchev–Trinajstić information content (AvgIpc) is 3.81. The fourth-order valence-corrected chi connectivity index (χ4v) is 7.90. The van der Waals surface area contributed by atoms with Crippen molar-refractivity contribution in [3.05, 3.63) is 169 Å². The van der Waals surface area contributed by atoms with Gasteiger partial charge < -0.3 is 15.5 Å². The second-order valence-electron chi connectivity index (χ2n) is 13.7. The highest BCUT2D eigenvalue weighted by Crippen LogP contribution is 2.20. The molecule has 2 N–H and O–H groups in total. The highest BCUT2D eigenvalue weighted by atomic mass is 33.1. The van der Waals surface area contributed by atoms with E-state index in [1.165, 1.54) is 22.3 Å². The van der Waals surface area contributed by atoms with Crippen molar-refractivity contribution in [2.45, 2.75) is 39.0 Å². The SMILES string of the molecule is CN1C=CC=C(/C=C/c2ccc(NCCCn3cc[n+](CCSSCC[n+]4ccn(CCCNc5ccc(/C=C/c6cc[n+](C)cc6)cc5)c4)c3)cc2)C=C1. The number of nitrogens with zero attached hydrogens (tertiary/aromatic N) is 6. The number of aromatic nitrogens is 5. The molecule has 55 heavy (non-hydrogen) atoms. The monoisotopic (exact) mass is 771 g/mol. The minimum absolute atomic E-state index is 0.944. The summed E-state index contributed by atoms with van der Waals surface area (Å²) in [5.41, 5.74) is 7.10. The molecule has 1 aliphatic heterocycles.